The standard InChI is InChI=1S/C21H19ClN2O3/c22-17-4-2-1-3-15(17)14-5-6-16-18(13-14)23-19-7-8-21(26-11-12-27-21)9-10-24(19)20(16)25/h1-6,13H,7-12H2. The molecule has 1 fully saturated rings. The molecule has 0 unspecified atom stereocenters. The lowest BCUT2D eigenvalue weighted by atomic mass is 10.0. The van der Waals surface area contributed by atoms with Crippen molar-refractivity contribution in [1.82, 2.24) is 9.55 Å². The lowest BCUT2D eigenvalue weighted by molar-refractivity contribution is -0.165. The van der Waals surface area contributed by atoms with E-state index in [0.29, 0.717) is 48.5 Å². The highest BCUT2D eigenvalue weighted by Crippen LogP contribution is 2.32. The maximum absolute atomic E-state index is 13.1. The van der Waals surface area contributed by atoms with Crippen LogP contribution in [0.4, 0.5) is 0 Å². The molecular formula is C21H19ClN2O3. The van der Waals surface area contributed by atoms with Gasteiger partial charge in [0.2, 0.25) is 0 Å². The van der Waals surface area contributed by atoms with Crippen LogP contribution in [-0.4, -0.2) is 28.6 Å². The van der Waals surface area contributed by atoms with Crippen LogP contribution < -0.4 is 5.56 Å². The zero-order valence-electron chi connectivity index (χ0n) is 14.8. The van der Waals surface area contributed by atoms with E-state index >= 15 is 0 Å². The van der Waals surface area contributed by atoms with Crippen LogP contribution in [0.15, 0.2) is 47.3 Å². The van der Waals surface area contributed by atoms with Crippen LogP contribution in [-0.2, 0) is 22.4 Å². The van der Waals surface area contributed by atoms with Crippen molar-refractivity contribution in [2.75, 3.05) is 13.2 Å². The fraction of sp³-hybridized carbons (Fsp3) is 0.333. The summed E-state index contributed by atoms with van der Waals surface area (Å²) < 4.78 is 13.5. The molecule has 2 aromatic carbocycles. The van der Waals surface area contributed by atoms with Crippen LogP contribution in [0.5, 0.6) is 0 Å². The van der Waals surface area contributed by atoms with E-state index in [1.165, 1.54) is 0 Å². The van der Waals surface area contributed by atoms with Gasteiger partial charge >= 0.3 is 0 Å². The van der Waals surface area contributed by atoms with Crippen LogP contribution in [0.2, 0.25) is 5.02 Å². The van der Waals surface area contributed by atoms with Gasteiger partial charge in [-0.3, -0.25) is 9.36 Å². The Balaban J connectivity index is 1.60. The lowest BCUT2D eigenvalue weighted by Crippen LogP contribution is -2.31. The van der Waals surface area contributed by atoms with Gasteiger partial charge < -0.3 is 9.47 Å². The molecule has 27 heavy (non-hydrogen) atoms. The van der Waals surface area contributed by atoms with Crippen molar-refractivity contribution in [3.8, 4) is 11.1 Å². The fourth-order valence-corrected chi connectivity index (χ4v) is 4.29. The summed E-state index contributed by atoms with van der Waals surface area (Å²) in [6, 6.07) is 13.4. The van der Waals surface area contributed by atoms with Crippen LogP contribution in [0, 0.1) is 0 Å². The average Bonchev–Trinajstić information content (AvgIpc) is 3.07. The second kappa shape index (κ2) is 6.44. The van der Waals surface area contributed by atoms with Crippen molar-refractivity contribution < 1.29 is 9.47 Å². The minimum atomic E-state index is -0.560. The maximum Gasteiger partial charge on any atom is 0.261 e. The smallest absolute Gasteiger partial charge is 0.261 e. The van der Waals surface area contributed by atoms with Gasteiger partial charge in [-0.1, -0.05) is 35.9 Å². The van der Waals surface area contributed by atoms with Gasteiger partial charge in [-0.05, 0) is 23.8 Å². The summed E-state index contributed by atoms with van der Waals surface area (Å²) in [6.07, 6.45) is 2.04. The van der Waals surface area contributed by atoms with Crippen molar-refractivity contribution in [3.05, 3.63) is 63.7 Å². The van der Waals surface area contributed by atoms with Crippen molar-refractivity contribution in [3.63, 3.8) is 0 Å². The van der Waals surface area contributed by atoms with E-state index in [-0.39, 0.29) is 5.56 Å². The van der Waals surface area contributed by atoms with E-state index in [0.717, 1.165) is 23.4 Å². The lowest BCUT2D eigenvalue weighted by Gasteiger charge is -2.24. The highest BCUT2D eigenvalue weighted by atomic mass is 35.5. The first-order valence-corrected chi connectivity index (χ1v) is 9.59. The second-order valence-corrected chi connectivity index (χ2v) is 7.46. The number of aromatic nitrogens is 2. The van der Waals surface area contributed by atoms with E-state index in [2.05, 4.69) is 0 Å². The summed E-state index contributed by atoms with van der Waals surface area (Å²) in [7, 11) is 0. The number of aryl methyl sites for hydroxylation is 1. The molecule has 1 saturated heterocycles. The Morgan fingerprint density at radius 2 is 1.89 bits per heavy atom. The summed E-state index contributed by atoms with van der Waals surface area (Å²) in [4.78, 5) is 17.9. The predicted molar refractivity (Wildman–Crippen MR) is 104 cm³/mol. The van der Waals surface area contributed by atoms with Gasteiger partial charge in [0.1, 0.15) is 5.82 Å². The first-order chi connectivity index (χ1) is 13.2. The predicted octanol–water partition coefficient (Wildman–Crippen LogP) is 3.80. The van der Waals surface area contributed by atoms with E-state index in [1.54, 1.807) is 4.57 Å². The third-order valence-corrected chi connectivity index (χ3v) is 5.81. The third-order valence-electron chi connectivity index (χ3n) is 5.48. The Morgan fingerprint density at radius 1 is 1.07 bits per heavy atom. The summed E-state index contributed by atoms with van der Waals surface area (Å²) in [5.74, 6) is 0.231. The van der Waals surface area contributed by atoms with E-state index in [1.807, 2.05) is 42.5 Å². The molecule has 2 aliphatic rings. The molecule has 0 radical (unpaired) electrons. The van der Waals surface area contributed by atoms with Crippen LogP contribution >= 0.6 is 11.6 Å². The SMILES string of the molecule is O=c1c2ccc(-c3ccccc3Cl)cc2nc2n1CCC1(CC2)OCCO1. The highest BCUT2D eigenvalue weighted by Gasteiger charge is 2.38. The molecule has 0 saturated carbocycles. The normalized spacial score (nSPS) is 18.6. The minimum absolute atomic E-state index is 0.00393. The Kier molecular flexibility index (Phi) is 4.04. The van der Waals surface area contributed by atoms with Crippen molar-refractivity contribution in [2.45, 2.75) is 31.6 Å². The van der Waals surface area contributed by atoms with Gasteiger partial charge in [0.25, 0.3) is 5.56 Å². The topological polar surface area (TPSA) is 53.4 Å². The zero-order chi connectivity index (χ0) is 18.4. The largest absolute Gasteiger partial charge is 0.347 e. The first kappa shape index (κ1) is 16.9. The van der Waals surface area contributed by atoms with E-state index in [9.17, 15) is 4.79 Å². The van der Waals surface area contributed by atoms with Gasteiger partial charge in [-0.25, -0.2) is 4.98 Å². The van der Waals surface area contributed by atoms with Gasteiger partial charge in [0.05, 0.1) is 24.1 Å². The average molecular weight is 383 g/mol. The summed E-state index contributed by atoms with van der Waals surface area (Å²) >= 11 is 6.33. The molecule has 5 nitrogen and oxygen atoms in total. The number of ether oxygens (including phenoxy) is 2. The molecule has 0 bridgehead atoms. The number of halogens is 1. The molecule has 3 aromatic rings. The molecule has 5 rings (SSSR count). The molecule has 138 valence electrons. The minimum Gasteiger partial charge on any atom is -0.347 e. The molecule has 1 aromatic heterocycles. The molecule has 1 spiro atoms. The fourth-order valence-electron chi connectivity index (χ4n) is 4.05. The monoisotopic (exact) mass is 382 g/mol. The van der Waals surface area contributed by atoms with Gasteiger partial charge in [-0.2, -0.15) is 0 Å². The van der Waals surface area contributed by atoms with Crippen LogP contribution in [0.1, 0.15) is 18.7 Å². The summed E-state index contributed by atoms with van der Waals surface area (Å²) in [5, 5.41) is 1.31. The molecule has 0 aliphatic carbocycles. The van der Waals surface area contributed by atoms with E-state index in [4.69, 9.17) is 26.1 Å². The van der Waals surface area contributed by atoms with Crippen molar-refractivity contribution >= 4 is 22.5 Å². The van der Waals surface area contributed by atoms with Crippen LogP contribution in [0.3, 0.4) is 0 Å². The molecule has 6 heteroatoms. The Hall–Kier alpha value is -2.21. The number of hydrogen-bond acceptors (Lipinski definition) is 4. The number of fused-ring (bicyclic) bond motifs is 2. The molecule has 0 N–H and O–H groups in total. The summed E-state index contributed by atoms with van der Waals surface area (Å²) in [5.41, 5.74) is 2.59. The number of nitrogens with zero attached hydrogens (tertiary/aromatic N) is 2. The van der Waals surface area contributed by atoms with Gasteiger partial charge in [-0.15, -0.1) is 0 Å². The Bertz CT molecular complexity index is 1090. The number of rotatable bonds is 1. The third kappa shape index (κ3) is 2.87. The molecule has 3 heterocycles. The van der Waals surface area contributed by atoms with Crippen molar-refractivity contribution in [1.29, 1.82) is 0 Å². The first-order valence-electron chi connectivity index (χ1n) is 9.22. The van der Waals surface area contributed by atoms with Crippen LogP contribution in [0.25, 0.3) is 22.0 Å². The van der Waals surface area contributed by atoms with Gasteiger partial charge in [0, 0.05) is 36.4 Å². The Morgan fingerprint density at radius 3 is 2.70 bits per heavy atom. The molecule has 0 atom stereocenters. The quantitative estimate of drug-likeness (QED) is 0.642. The number of benzene rings is 2. The van der Waals surface area contributed by atoms with E-state index < -0.39 is 5.79 Å². The van der Waals surface area contributed by atoms with Gasteiger partial charge in [0.15, 0.2) is 5.79 Å². The van der Waals surface area contributed by atoms with Crippen molar-refractivity contribution in [2.24, 2.45) is 0 Å². The Labute approximate surface area is 161 Å². The molecular weight excluding hydrogens is 364 g/mol. The number of hydrogen-bond donors (Lipinski definition) is 0. The molecule has 2 aliphatic heterocycles. The zero-order valence-corrected chi connectivity index (χ0v) is 15.5. The molecule has 0 amide bonds. The second-order valence-electron chi connectivity index (χ2n) is 7.05. The summed E-state index contributed by atoms with van der Waals surface area (Å²) in [6.45, 7) is 1.78. The maximum atomic E-state index is 13.1. The highest BCUT2D eigenvalue weighted by molar-refractivity contribution is 6.33.